The molecule has 0 heterocycles. The van der Waals surface area contributed by atoms with Gasteiger partial charge in [-0.15, -0.1) is 0 Å². The van der Waals surface area contributed by atoms with Gasteiger partial charge < -0.3 is 4.90 Å². The number of rotatable bonds is 4. The molecule has 5 aromatic carbocycles. The Kier molecular flexibility index (Phi) is 5.49. The van der Waals surface area contributed by atoms with Gasteiger partial charge in [0.05, 0.1) is 5.69 Å². The monoisotopic (exact) mass is 637 g/mol. The summed E-state index contributed by atoms with van der Waals surface area (Å²) in [6.07, 6.45) is 8.38. The highest BCUT2D eigenvalue weighted by molar-refractivity contribution is 5.87. The van der Waals surface area contributed by atoms with Crippen molar-refractivity contribution >= 4 is 17.1 Å². The highest BCUT2D eigenvalue weighted by Crippen LogP contribution is 2.89. The molecule has 6 aliphatic carbocycles. The van der Waals surface area contributed by atoms with Crippen LogP contribution in [0.5, 0.6) is 0 Å². The summed E-state index contributed by atoms with van der Waals surface area (Å²) in [5.41, 5.74) is 16.9. The van der Waals surface area contributed by atoms with Crippen molar-refractivity contribution in [2.75, 3.05) is 4.90 Å². The molecule has 0 radical (unpaired) electrons. The molecular formula is C48H47N. The normalized spacial score (nSPS) is 31.3. The first-order valence-corrected chi connectivity index (χ1v) is 19.1. The summed E-state index contributed by atoms with van der Waals surface area (Å²) in [7, 11) is 0. The Bertz CT molecular complexity index is 2170. The van der Waals surface area contributed by atoms with Crippen LogP contribution in [0, 0.1) is 29.1 Å². The Labute approximate surface area is 292 Å². The van der Waals surface area contributed by atoms with Gasteiger partial charge in [-0.25, -0.2) is 0 Å². The molecule has 49 heavy (non-hydrogen) atoms. The third kappa shape index (κ3) is 3.43. The van der Waals surface area contributed by atoms with Crippen LogP contribution in [0.25, 0.3) is 22.3 Å². The molecule has 244 valence electrons. The van der Waals surface area contributed by atoms with Crippen LogP contribution in [-0.2, 0) is 16.2 Å². The van der Waals surface area contributed by atoms with Gasteiger partial charge in [-0.05, 0) is 159 Å². The lowest BCUT2D eigenvalue weighted by atomic mass is 9.27. The van der Waals surface area contributed by atoms with E-state index in [0.717, 1.165) is 23.7 Å². The molecule has 6 atom stereocenters. The lowest BCUT2D eigenvalue weighted by Gasteiger charge is -2.76. The van der Waals surface area contributed by atoms with Gasteiger partial charge in [0.2, 0.25) is 0 Å². The molecule has 0 N–H and O–H groups in total. The van der Waals surface area contributed by atoms with Crippen LogP contribution in [0.4, 0.5) is 17.1 Å². The van der Waals surface area contributed by atoms with Crippen molar-refractivity contribution in [3.63, 3.8) is 0 Å². The molecule has 6 unspecified atom stereocenters. The molecule has 0 aromatic heterocycles. The molecule has 0 amide bonds. The summed E-state index contributed by atoms with van der Waals surface area (Å²) in [6.45, 7) is 9.73. The van der Waals surface area contributed by atoms with E-state index in [9.17, 15) is 0 Å². The fourth-order valence-corrected chi connectivity index (χ4v) is 13.2. The highest BCUT2D eigenvalue weighted by Gasteiger charge is 2.84. The van der Waals surface area contributed by atoms with Gasteiger partial charge in [0.25, 0.3) is 0 Å². The standard InChI is InChI=1S/C48H47N/c1-45(2)23-24-46(3,4)44-40(45)15-10-16-41(44)49(34-11-6-5-7-12-34)35-20-17-31(18-21-35)32-19-22-39-37(27-32)36-13-8-9-14-38(36)48(39)42-26-30-25-33-28-43(48)47(33,42)29-30/h5-22,27,30,33,42-43H,23-26,28-29H2,1-4H3. The molecular weight excluding hydrogens is 591 g/mol. The molecule has 4 fully saturated rings. The van der Waals surface area contributed by atoms with E-state index in [4.69, 9.17) is 0 Å². The van der Waals surface area contributed by atoms with Crippen LogP contribution in [0.15, 0.2) is 115 Å². The summed E-state index contributed by atoms with van der Waals surface area (Å²) < 4.78 is 0. The zero-order chi connectivity index (χ0) is 32.9. The third-order valence-electron chi connectivity index (χ3n) is 15.2. The zero-order valence-electron chi connectivity index (χ0n) is 29.5. The van der Waals surface area contributed by atoms with Gasteiger partial charge in [-0.3, -0.25) is 0 Å². The Morgan fingerprint density at radius 1 is 0.551 bits per heavy atom. The maximum atomic E-state index is 2.56. The molecule has 4 saturated carbocycles. The molecule has 0 aliphatic heterocycles. The minimum absolute atomic E-state index is 0.102. The minimum atomic E-state index is 0.102. The second kappa shape index (κ2) is 9.36. The number of hydrogen-bond donors (Lipinski definition) is 0. The van der Waals surface area contributed by atoms with Crippen molar-refractivity contribution in [1.82, 2.24) is 0 Å². The Hall–Kier alpha value is -4.10. The van der Waals surface area contributed by atoms with Crippen LogP contribution >= 0.6 is 0 Å². The first-order chi connectivity index (χ1) is 23.7. The summed E-state index contributed by atoms with van der Waals surface area (Å²) in [5.74, 6) is 3.73. The average Bonchev–Trinajstić information content (AvgIpc) is 3.75. The van der Waals surface area contributed by atoms with E-state index in [2.05, 4.69) is 148 Å². The minimum Gasteiger partial charge on any atom is -0.310 e. The van der Waals surface area contributed by atoms with Crippen LogP contribution in [0.1, 0.15) is 88.5 Å². The van der Waals surface area contributed by atoms with Crippen LogP contribution in [-0.4, -0.2) is 0 Å². The quantitative estimate of drug-likeness (QED) is 0.189. The van der Waals surface area contributed by atoms with Gasteiger partial charge in [0.1, 0.15) is 0 Å². The molecule has 5 aromatic rings. The largest absolute Gasteiger partial charge is 0.310 e. The first-order valence-electron chi connectivity index (χ1n) is 19.1. The molecule has 1 heteroatoms. The summed E-state index contributed by atoms with van der Waals surface area (Å²) in [5, 5.41) is 0. The highest BCUT2D eigenvalue weighted by atomic mass is 15.1. The number of nitrogens with zero attached hydrogens (tertiary/aromatic N) is 1. The fraction of sp³-hybridized carbons (Fsp3) is 0.375. The van der Waals surface area contributed by atoms with E-state index in [1.54, 1.807) is 11.1 Å². The Balaban J connectivity index is 1.01. The predicted molar refractivity (Wildman–Crippen MR) is 203 cm³/mol. The third-order valence-corrected chi connectivity index (χ3v) is 15.2. The first kappa shape index (κ1) is 28.7. The molecule has 6 aliphatic rings. The SMILES string of the molecule is CC1(C)CCC(C)(C)c2c(N(c3ccccc3)c3ccc(-c4ccc5c(c4)-c4ccccc4C54C5CC6CC7CC4C75C6)cc3)cccc21. The number of fused-ring (bicyclic) bond motifs is 9. The van der Waals surface area contributed by atoms with Crippen molar-refractivity contribution in [2.45, 2.75) is 82.5 Å². The van der Waals surface area contributed by atoms with Gasteiger partial charge in [-0.1, -0.05) is 107 Å². The second-order valence-corrected chi connectivity index (χ2v) is 18.1. The number of hydrogen-bond acceptors (Lipinski definition) is 1. The van der Waals surface area contributed by atoms with Crippen LogP contribution < -0.4 is 4.90 Å². The molecule has 0 saturated heterocycles. The lowest BCUT2D eigenvalue weighted by molar-refractivity contribution is -0.231. The van der Waals surface area contributed by atoms with E-state index >= 15 is 0 Å². The van der Waals surface area contributed by atoms with Gasteiger partial charge >= 0.3 is 0 Å². The fourth-order valence-electron chi connectivity index (χ4n) is 13.2. The van der Waals surface area contributed by atoms with Gasteiger partial charge in [0, 0.05) is 16.8 Å². The molecule has 2 bridgehead atoms. The van der Waals surface area contributed by atoms with E-state index in [0.29, 0.717) is 5.41 Å². The predicted octanol–water partition coefficient (Wildman–Crippen LogP) is 12.5. The zero-order valence-corrected chi connectivity index (χ0v) is 29.5. The lowest BCUT2D eigenvalue weighted by Crippen LogP contribution is -2.73. The Morgan fingerprint density at radius 3 is 2.04 bits per heavy atom. The van der Waals surface area contributed by atoms with Crippen molar-refractivity contribution < 1.29 is 0 Å². The smallest absolute Gasteiger partial charge is 0.0502 e. The maximum Gasteiger partial charge on any atom is 0.0502 e. The van der Waals surface area contributed by atoms with Crippen molar-refractivity contribution in [3.05, 3.63) is 138 Å². The molecule has 1 nitrogen and oxygen atoms in total. The number of benzene rings is 5. The van der Waals surface area contributed by atoms with Crippen molar-refractivity contribution in [3.8, 4) is 22.3 Å². The average molecular weight is 638 g/mol. The Morgan fingerprint density at radius 2 is 1.22 bits per heavy atom. The van der Waals surface area contributed by atoms with Crippen LogP contribution in [0.3, 0.4) is 0 Å². The summed E-state index contributed by atoms with van der Waals surface area (Å²) in [6, 6.07) is 44.5. The summed E-state index contributed by atoms with van der Waals surface area (Å²) >= 11 is 0. The van der Waals surface area contributed by atoms with Crippen LogP contribution in [0.2, 0.25) is 0 Å². The molecule has 2 spiro atoms. The number of para-hydroxylation sites is 1. The van der Waals surface area contributed by atoms with E-state index < -0.39 is 0 Å². The summed E-state index contributed by atoms with van der Waals surface area (Å²) in [4.78, 5) is 2.50. The topological polar surface area (TPSA) is 3.24 Å². The van der Waals surface area contributed by atoms with Gasteiger partial charge in [0.15, 0.2) is 0 Å². The maximum absolute atomic E-state index is 2.56. The molecule has 11 rings (SSSR count). The van der Waals surface area contributed by atoms with E-state index in [-0.39, 0.29) is 16.2 Å². The van der Waals surface area contributed by atoms with Gasteiger partial charge in [-0.2, -0.15) is 0 Å². The van der Waals surface area contributed by atoms with E-state index in [1.807, 2.05) is 0 Å². The second-order valence-electron chi connectivity index (χ2n) is 18.1. The number of anilines is 3. The van der Waals surface area contributed by atoms with Crippen molar-refractivity contribution in [1.29, 1.82) is 0 Å². The van der Waals surface area contributed by atoms with E-state index in [1.165, 1.54) is 89.0 Å². The van der Waals surface area contributed by atoms with Crippen molar-refractivity contribution in [2.24, 2.45) is 29.1 Å².